The maximum Gasteiger partial charge on any atom is 0.267 e. The highest BCUT2D eigenvalue weighted by atomic mass is 32.2. The smallest absolute Gasteiger partial charge is 0.267 e. The quantitative estimate of drug-likeness (QED) is 0.423. The molecular formula is C18H23N4O3S+. The lowest BCUT2D eigenvalue weighted by Gasteiger charge is -2.07. The van der Waals surface area contributed by atoms with E-state index in [0.29, 0.717) is 18.7 Å². The van der Waals surface area contributed by atoms with Crippen LogP contribution in [0.5, 0.6) is 0 Å². The molecule has 1 unspecified atom stereocenters. The molecule has 0 amide bonds. The molecule has 0 fully saturated rings. The average molecular weight is 375 g/mol. The fourth-order valence-corrected chi connectivity index (χ4v) is 3.95. The highest BCUT2D eigenvalue weighted by Gasteiger charge is 2.25. The molecule has 0 saturated heterocycles. The van der Waals surface area contributed by atoms with Crippen LogP contribution >= 0.6 is 0 Å². The summed E-state index contributed by atoms with van der Waals surface area (Å²) < 4.78 is 38.1. The monoisotopic (exact) mass is 375 g/mol. The van der Waals surface area contributed by atoms with Crippen LogP contribution in [0.25, 0.3) is 26.8 Å². The van der Waals surface area contributed by atoms with Crippen LogP contribution in [0.4, 0.5) is 5.69 Å². The first-order valence-electron chi connectivity index (χ1n) is 8.54. The largest absolute Gasteiger partial charge is 0.362 e. The Morgan fingerprint density at radius 2 is 2.04 bits per heavy atom. The van der Waals surface area contributed by atoms with Crippen LogP contribution in [-0.2, 0) is 30.3 Å². The maximum atomic E-state index is 11.3. The minimum Gasteiger partial charge on any atom is -0.362 e. The lowest BCUT2D eigenvalue weighted by molar-refractivity contribution is -0.678. The summed E-state index contributed by atoms with van der Waals surface area (Å²) in [6, 6.07) is 4.09. The first-order valence-corrected chi connectivity index (χ1v) is 10.0. The van der Waals surface area contributed by atoms with Gasteiger partial charge in [-0.2, -0.15) is 8.42 Å². The minimum absolute atomic E-state index is 0.315. The Hall–Kier alpha value is -2.37. The second-order valence-corrected chi connectivity index (χ2v) is 8.49. The predicted octanol–water partition coefficient (Wildman–Crippen LogP) is 2.97. The number of rotatable bonds is 5. The fourth-order valence-electron chi connectivity index (χ4n) is 3.54. The first kappa shape index (κ1) is 18.4. The molecule has 1 atom stereocenters. The van der Waals surface area contributed by atoms with E-state index in [9.17, 15) is 13.0 Å². The van der Waals surface area contributed by atoms with Gasteiger partial charge in [0.25, 0.3) is 15.9 Å². The minimum atomic E-state index is -4.04. The van der Waals surface area contributed by atoms with Crippen molar-refractivity contribution < 1.29 is 17.5 Å². The van der Waals surface area contributed by atoms with Crippen molar-refractivity contribution in [2.24, 2.45) is 7.05 Å². The van der Waals surface area contributed by atoms with Crippen molar-refractivity contribution in [3.8, 4) is 0 Å². The second-order valence-electron chi connectivity index (χ2n) is 6.65. The van der Waals surface area contributed by atoms with Gasteiger partial charge in [0.1, 0.15) is 0 Å². The first-order chi connectivity index (χ1) is 12.2. The van der Waals surface area contributed by atoms with E-state index in [1.165, 1.54) is 6.92 Å². The van der Waals surface area contributed by atoms with Crippen LogP contribution in [0, 0.1) is 13.5 Å². The zero-order valence-electron chi connectivity index (χ0n) is 15.4. The molecule has 2 heterocycles. The highest BCUT2D eigenvalue weighted by Crippen LogP contribution is 2.31. The molecule has 0 spiro atoms. The van der Waals surface area contributed by atoms with Crippen molar-refractivity contribution in [2.75, 3.05) is 0 Å². The SMILES string of the molecule is [C-]#[N+]c1cn(C)c2cc3c(cc12)[n+](CCC(C)S(=O)(=O)O)c(C)n3CC. The van der Waals surface area contributed by atoms with Gasteiger partial charge in [-0.3, -0.25) is 4.55 Å². The molecule has 1 aromatic carbocycles. The number of hydrogen-bond acceptors (Lipinski definition) is 2. The van der Waals surface area contributed by atoms with Crippen molar-refractivity contribution in [1.29, 1.82) is 0 Å². The average Bonchev–Trinajstić information content (AvgIpc) is 3.03. The van der Waals surface area contributed by atoms with Crippen LogP contribution < -0.4 is 4.57 Å². The van der Waals surface area contributed by atoms with Crippen LogP contribution in [-0.4, -0.2) is 27.4 Å². The van der Waals surface area contributed by atoms with Gasteiger partial charge in [-0.15, -0.1) is 0 Å². The molecule has 3 rings (SSSR count). The van der Waals surface area contributed by atoms with Gasteiger partial charge in [-0.05, 0) is 19.9 Å². The van der Waals surface area contributed by atoms with E-state index in [1.54, 1.807) is 0 Å². The molecule has 0 aliphatic carbocycles. The van der Waals surface area contributed by atoms with E-state index in [0.717, 1.165) is 34.3 Å². The number of hydrogen-bond donors (Lipinski definition) is 1. The number of imidazole rings is 1. The molecule has 0 radical (unpaired) electrons. The van der Waals surface area contributed by atoms with E-state index in [1.807, 2.05) is 30.8 Å². The lowest BCUT2D eigenvalue weighted by Crippen LogP contribution is -2.38. The van der Waals surface area contributed by atoms with Gasteiger partial charge in [0.2, 0.25) is 5.69 Å². The van der Waals surface area contributed by atoms with Crippen LogP contribution in [0.15, 0.2) is 18.3 Å². The summed E-state index contributed by atoms with van der Waals surface area (Å²) in [5.41, 5.74) is 3.61. The van der Waals surface area contributed by atoms with Gasteiger partial charge >= 0.3 is 0 Å². The summed E-state index contributed by atoms with van der Waals surface area (Å²) in [5.74, 6) is 1.02. The Bertz CT molecular complexity index is 1150. The van der Waals surface area contributed by atoms with E-state index in [-0.39, 0.29) is 0 Å². The molecule has 26 heavy (non-hydrogen) atoms. The number of aromatic nitrogens is 3. The Morgan fingerprint density at radius 3 is 2.62 bits per heavy atom. The highest BCUT2D eigenvalue weighted by molar-refractivity contribution is 7.86. The molecule has 7 nitrogen and oxygen atoms in total. The third-order valence-corrected chi connectivity index (χ3v) is 6.38. The van der Waals surface area contributed by atoms with E-state index >= 15 is 0 Å². The topological polar surface area (TPSA) is 72.5 Å². The molecule has 138 valence electrons. The number of aryl methyl sites for hydroxylation is 3. The van der Waals surface area contributed by atoms with Crippen LogP contribution in [0.2, 0.25) is 0 Å². The van der Waals surface area contributed by atoms with Crippen molar-refractivity contribution in [1.82, 2.24) is 9.13 Å². The van der Waals surface area contributed by atoms with Crippen molar-refractivity contribution >= 4 is 37.7 Å². The third kappa shape index (κ3) is 2.87. The van der Waals surface area contributed by atoms with Gasteiger partial charge in [0.15, 0.2) is 11.0 Å². The Balaban J connectivity index is 2.20. The third-order valence-electron chi connectivity index (χ3n) is 5.13. The van der Waals surface area contributed by atoms with E-state index < -0.39 is 15.4 Å². The maximum absolute atomic E-state index is 11.3. The van der Waals surface area contributed by atoms with Gasteiger partial charge < -0.3 is 4.57 Å². The molecule has 0 aliphatic rings. The number of nitrogens with zero attached hydrogens (tertiary/aromatic N) is 4. The zero-order chi connectivity index (χ0) is 19.2. The molecule has 1 N–H and O–H groups in total. The Morgan fingerprint density at radius 1 is 1.35 bits per heavy atom. The summed E-state index contributed by atoms with van der Waals surface area (Å²) in [5, 5.41) is 0.0634. The molecule has 0 bridgehead atoms. The van der Waals surface area contributed by atoms with Gasteiger partial charge in [0, 0.05) is 43.6 Å². The summed E-state index contributed by atoms with van der Waals surface area (Å²) in [6.07, 6.45) is 2.14. The lowest BCUT2D eigenvalue weighted by atomic mass is 10.2. The molecule has 0 aliphatic heterocycles. The molecular weight excluding hydrogens is 352 g/mol. The van der Waals surface area contributed by atoms with Crippen molar-refractivity contribution in [2.45, 2.75) is 45.5 Å². The van der Waals surface area contributed by atoms with Crippen LogP contribution in [0.3, 0.4) is 0 Å². The number of benzene rings is 1. The Kier molecular flexibility index (Phi) is 4.54. The summed E-state index contributed by atoms with van der Waals surface area (Å²) in [6.45, 7) is 14.2. The molecule has 8 heteroatoms. The zero-order valence-corrected chi connectivity index (χ0v) is 16.2. The summed E-state index contributed by atoms with van der Waals surface area (Å²) in [4.78, 5) is 3.61. The van der Waals surface area contributed by atoms with E-state index in [4.69, 9.17) is 6.57 Å². The van der Waals surface area contributed by atoms with Gasteiger partial charge in [-0.1, -0.05) is 0 Å². The number of fused-ring (bicyclic) bond motifs is 2. The van der Waals surface area contributed by atoms with Crippen LogP contribution in [0.1, 0.15) is 26.1 Å². The fraction of sp³-hybridized carbons (Fsp3) is 0.444. The summed E-state index contributed by atoms with van der Waals surface area (Å²) >= 11 is 0. The second kappa shape index (κ2) is 6.41. The summed E-state index contributed by atoms with van der Waals surface area (Å²) in [7, 11) is -2.12. The normalized spacial score (nSPS) is 13.4. The van der Waals surface area contributed by atoms with Crippen molar-refractivity contribution in [3.63, 3.8) is 0 Å². The molecule has 3 aromatic rings. The van der Waals surface area contributed by atoms with Gasteiger partial charge in [-0.25, -0.2) is 14.0 Å². The molecule has 0 saturated carbocycles. The standard InChI is InChI=1S/C18H22N4O3S/c1-6-21-13(3)22(8-7-12(2)26(23,24)25)17-9-14-15(19-4)11-20(5)16(14)10-18(17)21/h9-12H,6-8H2,1-3,5H3/p+1. The predicted molar refractivity (Wildman–Crippen MR) is 101 cm³/mol. The molecule has 2 aromatic heterocycles. The van der Waals surface area contributed by atoms with Gasteiger partial charge in [0.05, 0.1) is 24.9 Å². The van der Waals surface area contributed by atoms with E-state index in [2.05, 4.69) is 27.0 Å². The Labute approximate surface area is 153 Å². The van der Waals surface area contributed by atoms with Crippen molar-refractivity contribution in [3.05, 3.63) is 35.6 Å².